The molecule has 4 nitrogen and oxygen atoms in total. The number of piperidine rings is 1. The zero-order chi connectivity index (χ0) is 13.7. The second kappa shape index (κ2) is 10.7. The minimum absolute atomic E-state index is 0. The predicted molar refractivity (Wildman–Crippen MR) is 92.3 cm³/mol. The van der Waals surface area contributed by atoms with Crippen molar-refractivity contribution in [2.24, 2.45) is 11.7 Å². The molecule has 21 heavy (non-hydrogen) atoms. The van der Waals surface area contributed by atoms with Gasteiger partial charge in [0.15, 0.2) is 0 Å². The molecule has 126 valence electrons. The number of halogens is 2. The van der Waals surface area contributed by atoms with Gasteiger partial charge in [0.2, 0.25) is 5.91 Å². The Bertz CT molecular complexity index is 305. The molecule has 1 saturated carbocycles. The number of hydrogen-bond acceptors (Lipinski definition) is 3. The molecule has 3 atom stereocenters. The Morgan fingerprint density at radius 2 is 1.95 bits per heavy atom. The molecule has 1 unspecified atom stereocenters. The first kappa shape index (κ1) is 21.0. The van der Waals surface area contributed by atoms with Crippen molar-refractivity contribution in [1.82, 2.24) is 10.2 Å². The second-order valence-electron chi connectivity index (χ2n) is 6.29. The lowest BCUT2D eigenvalue weighted by atomic mass is 10.00. The molecule has 2 fully saturated rings. The van der Waals surface area contributed by atoms with Crippen LogP contribution in [0.4, 0.5) is 0 Å². The van der Waals surface area contributed by atoms with Crippen molar-refractivity contribution in [3.8, 4) is 0 Å². The topological polar surface area (TPSA) is 58.4 Å². The van der Waals surface area contributed by atoms with Gasteiger partial charge in [0.05, 0.1) is 0 Å². The maximum atomic E-state index is 11.9. The number of rotatable bonds is 5. The van der Waals surface area contributed by atoms with Crippen molar-refractivity contribution >= 4 is 30.7 Å². The first-order valence-corrected chi connectivity index (χ1v) is 7.93. The highest BCUT2D eigenvalue weighted by molar-refractivity contribution is 5.85. The van der Waals surface area contributed by atoms with E-state index in [1.807, 2.05) is 0 Å². The highest BCUT2D eigenvalue weighted by Crippen LogP contribution is 2.26. The molecular formula is C15H31Cl2N3O. The lowest BCUT2D eigenvalue weighted by molar-refractivity contribution is -0.122. The van der Waals surface area contributed by atoms with Gasteiger partial charge >= 0.3 is 0 Å². The van der Waals surface area contributed by atoms with Crippen molar-refractivity contribution in [2.75, 3.05) is 19.6 Å². The van der Waals surface area contributed by atoms with E-state index < -0.39 is 0 Å². The zero-order valence-electron chi connectivity index (χ0n) is 13.1. The molecule has 2 aliphatic rings. The Balaban J connectivity index is 0.00000200. The highest BCUT2D eigenvalue weighted by Gasteiger charge is 2.26. The quantitative estimate of drug-likeness (QED) is 0.808. The van der Waals surface area contributed by atoms with Crippen LogP contribution in [0, 0.1) is 5.92 Å². The van der Waals surface area contributed by atoms with Gasteiger partial charge in [-0.25, -0.2) is 0 Å². The van der Waals surface area contributed by atoms with Crippen LogP contribution in [-0.4, -0.2) is 42.5 Å². The normalized spacial score (nSPS) is 29.3. The third-order valence-electron chi connectivity index (χ3n) is 4.83. The zero-order valence-corrected chi connectivity index (χ0v) is 14.7. The van der Waals surface area contributed by atoms with E-state index in [0.717, 1.165) is 25.9 Å². The second-order valence-corrected chi connectivity index (χ2v) is 6.29. The van der Waals surface area contributed by atoms with Gasteiger partial charge in [0.1, 0.15) is 0 Å². The van der Waals surface area contributed by atoms with E-state index in [1.54, 1.807) is 0 Å². The number of nitrogens with one attached hydrogen (secondary N) is 1. The standard InChI is InChI=1S/C15H29N3O.2ClH/c1-12-5-2-3-9-18(12)10-8-17-15(19)11-13-6-4-7-14(13)16;;/h12-14H,2-11,16H2,1H3,(H,17,19);2*1H/t12?,13-,14+;;/m0../s1. The Labute approximate surface area is 141 Å². The van der Waals surface area contributed by atoms with Gasteiger partial charge in [-0.1, -0.05) is 12.8 Å². The molecule has 0 aromatic heterocycles. The molecule has 0 bridgehead atoms. The van der Waals surface area contributed by atoms with E-state index in [0.29, 0.717) is 18.4 Å². The van der Waals surface area contributed by atoms with E-state index in [1.165, 1.54) is 32.2 Å². The number of amides is 1. The molecule has 3 N–H and O–H groups in total. The Kier molecular flexibility index (Phi) is 10.6. The van der Waals surface area contributed by atoms with Crippen LogP contribution in [0.1, 0.15) is 51.9 Å². The SMILES string of the molecule is CC1CCCCN1CCNC(=O)C[C@@H]1CCC[C@H]1N.Cl.Cl. The van der Waals surface area contributed by atoms with E-state index >= 15 is 0 Å². The van der Waals surface area contributed by atoms with Crippen LogP contribution in [-0.2, 0) is 4.79 Å². The minimum Gasteiger partial charge on any atom is -0.355 e. The molecule has 1 heterocycles. The number of carbonyl (C=O) groups excluding carboxylic acids is 1. The van der Waals surface area contributed by atoms with Crippen molar-refractivity contribution < 1.29 is 4.79 Å². The Hall–Kier alpha value is -0.0300. The summed E-state index contributed by atoms with van der Waals surface area (Å²) in [5.74, 6) is 0.598. The van der Waals surface area contributed by atoms with Crippen molar-refractivity contribution in [2.45, 2.75) is 64.0 Å². The maximum absolute atomic E-state index is 11.9. The summed E-state index contributed by atoms with van der Waals surface area (Å²) in [7, 11) is 0. The number of likely N-dealkylation sites (tertiary alicyclic amines) is 1. The number of nitrogens with zero attached hydrogens (tertiary/aromatic N) is 1. The smallest absolute Gasteiger partial charge is 0.220 e. The van der Waals surface area contributed by atoms with Crippen molar-refractivity contribution in [3.05, 3.63) is 0 Å². The lowest BCUT2D eigenvalue weighted by Gasteiger charge is -2.33. The Morgan fingerprint density at radius 1 is 1.19 bits per heavy atom. The molecule has 0 radical (unpaired) electrons. The van der Waals surface area contributed by atoms with Gasteiger partial charge in [0, 0.05) is 31.6 Å². The van der Waals surface area contributed by atoms with Gasteiger partial charge in [-0.3, -0.25) is 9.69 Å². The average molecular weight is 340 g/mol. The molecule has 6 heteroatoms. The monoisotopic (exact) mass is 339 g/mol. The minimum atomic E-state index is 0. The average Bonchev–Trinajstić information content (AvgIpc) is 2.77. The van der Waals surface area contributed by atoms with Gasteiger partial charge in [-0.2, -0.15) is 0 Å². The van der Waals surface area contributed by atoms with Gasteiger partial charge in [-0.15, -0.1) is 24.8 Å². The number of carbonyl (C=O) groups is 1. The van der Waals surface area contributed by atoms with Crippen molar-refractivity contribution in [3.63, 3.8) is 0 Å². The summed E-state index contributed by atoms with van der Waals surface area (Å²) >= 11 is 0. The third kappa shape index (κ3) is 6.72. The van der Waals surface area contributed by atoms with Crippen LogP contribution in [0.2, 0.25) is 0 Å². The largest absolute Gasteiger partial charge is 0.355 e. The lowest BCUT2D eigenvalue weighted by Crippen LogP contribution is -2.42. The summed E-state index contributed by atoms with van der Waals surface area (Å²) in [5, 5.41) is 3.06. The third-order valence-corrected chi connectivity index (χ3v) is 4.83. The summed E-state index contributed by atoms with van der Waals surface area (Å²) in [6, 6.07) is 0.918. The highest BCUT2D eigenvalue weighted by atomic mass is 35.5. The van der Waals surface area contributed by atoms with Crippen LogP contribution in [0.5, 0.6) is 0 Å². The first-order chi connectivity index (χ1) is 9.16. The van der Waals surface area contributed by atoms with Crippen LogP contribution in [0.25, 0.3) is 0 Å². The summed E-state index contributed by atoms with van der Waals surface area (Å²) in [6.45, 7) is 5.25. The molecular weight excluding hydrogens is 309 g/mol. The van der Waals surface area contributed by atoms with Gasteiger partial charge in [-0.05, 0) is 45.1 Å². The van der Waals surface area contributed by atoms with Crippen LogP contribution < -0.4 is 11.1 Å². The van der Waals surface area contributed by atoms with Gasteiger partial charge in [0.25, 0.3) is 0 Å². The van der Waals surface area contributed by atoms with E-state index in [9.17, 15) is 4.79 Å². The molecule has 1 amide bonds. The Morgan fingerprint density at radius 3 is 2.57 bits per heavy atom. The number of nitrogens with two attached hydrogens (primary N) is 1. The molecule has 1 aliphatic carbocycles. The molecule has 0 aromatic rings. The fourth-order valence-corrected chi connectivity index (χ4v) is 3.46. The summed E-state index contributed by atoms with van der Waals surface area (Å²) in [4.78, 5) is 14.4. The van der Waals surface area contributed by atoms with E-state index in [4.69, 9.17) is 5.73 Å². The number of hydrogen-bond donors (Lipinski definition) is 2. The van der Waals surface area contributed by atoms with Crippen LogP contribution in [0.15, 0.2) is 0 Å². The molecule has 0 spiro atoms. The molecule has 1 aliphatic heterocycles. The van der Waals surface area contributed by atoms with Gasteiger partial charge < -0.3 is 11.1 Å². The van der Waals surface area contributed by atoms with E-state index in [2.05, 4.69) is 17.1 Å². The molecule has 2 rings (SSSR count). The summed E-state index contributed by atoms with van der Waals surface area (Å²) < 4.78 is 0. The fourth-order valence-electron chi connectivity index (χ4n) is 3.46. The molecule has 1 saturated heterocycles. The van der Waals surface area contributed by atoms with Crippen LogP contribution in [0.3, 0.4) is 0 Å². The maximum Gasteiger partial charge on any atom is 0.220 e. The fraction of sp³-hybridized carbons (Fsp3) is 0.933. The predicted octanol–water partition coefficient (Wildman–Crippen LogP) is 2.34. The van der Waals surface area contributed by atoms with E-state index in [-0.39, 0.29) is 36.8 Å². The molecule has 0 aromatic carbocycles. The summed E-state index contributed by atoms with van der Waals surface area (Å²) in [5.41, 5.74) is 6.00. The van der Waals surface area contributed by atoms with Crippen molar-refractivity contribution in [1.29, 1.82) is 0 Å². The summed E-state index contributed by atoms with van der Waals surface area (Å²) in [6.07, 6.45) is 7.96. The van der Waals surface area contributed by atoms with Crippen LogP contribution >= 0.6 is 24.8 Å². The first-order valence-electron chi connectivity index (χ1n) is 7.93.